The third kappa shape index (κ3) is 3.41. The van der Waals surface area contributed by atoms with Crippen molar-refractivity contribution in [2.45, 2.75) is 26.9 Å². The molecule has 2 aromatic heterocycles. The zero-order valence-electron chi connectivity index (χ0n) is 13.7. The quantitative estimate of drug-likeness (QED) is 0.673. The number of carbonyl (C=O) groups excluding carboxylic acids is 1. The van der Waals surface area contributed by atoms with E-state index in [1.807, 2.05) is 29.7 Å². The summed E-state index contributed by atoms with van der Waals surface area (Å²) in [5, 5.41) is 2.92. The van der Waals surface area contributed by atoms with E-state index in [0.717, 1.165) is 15.8 Å². The third-order valence-electron chi connectivity index (χ3n) is 3.84. The van der Waals surface area contributed by atoms with Crippen LogP contribution in [0.2, 0.25) is 0 Å². The maximum Gasteiger partial charge on any atom is 0.268 e. The molecule has 0 fully saturated rings. The molecule has 0 bridgehead atoms. The van der Waals surface area contributed by atoms with Crippen LogP contribution in [0.25, 0.3) is 10.2 Å². The second-order valence-corrected chi connectivity index (χ2v) is 6.91. The zero-order chi connectivity index (χ0) is 17.1. The molecular weight excluding hydrogens is 323 g/mol. The Kier molecular flexibility index (Phi) is 4.81. The van der Waals surface area contributed by atoms with Crippen LogP contribution in [0.5, 0.6) is 0 Å². The van der Waals surface area contributed by atoms with Gasteiger partial charge in [0.15, 0.2) is 0 Å². The first-order valence-electron chi connectivity index (χ1n) is 7.82. The highest BCUT2D eigenvalue weighted by Crippen LogP contribution is 2.28. The molecule has 0 saturated heterocycles. The van der Waals surface area contributed by atoms with E-state index in [-0.39, 0.29) is 11.7 Å². The van der Waals surface area contributed by atoms with Crippen molar-refractivity contribution in [3.63, 3.8) is 0 Å². The first-order chi connectivity index (χ1) is 11.6. The number of aryl methyl sites for hydroxylation is 1. The molecule has 3 aromatic rings. The monoisotopic (exact) mass is 342 g/mol. The van der Waals surface area contributed by atoms with Crippen molar-refractivity contribution in [1.82, 2.24) is 9.88 Å². The van der Waals surface area contributed by atoms with Crippen LogP contribution in [0.4, 0.5) is 4.39 Å². The van der Waals surface area contributed by atoms with Gasteiger partial charge in [-0.2, -0.15) is 0 Å². The lowest BCUT2D eigenvalue weighted by molar-refractivity contribution is 0.0942. The number of rotatable bonds is 5. The molecule has 0 aliphatic rings. The van der Waals surface area contributed by atoms with E-state index in [2.05, 4.69) is 18.3 Å². The highest BCUT2D eigenvalue weighted by atomic mass is 32.1. The fourth-order valence-electron chi connectivity index (χ4n) is 2.64. The first-order valence-corrected chi connectivity index (χ1v) is 8.63. The maximum absolute atomic E-state index is 12.9. The van der Waals surface area contributed by atoms with Crippen LogP contribution in [0.3, 0.4) is 0 Å². The Bertz CT molecular complexity index is 890. The Morgan fingerprint density at radius 3 is 2.75 bits per heavy atom. The summed E-state index contributed by atoms with van der Waals surface area (Å²) in [6.45, 7) is 5.07. The topological polar surface area (TPSA) is 34.0 Å². The second kappa shape index (κ2) is 7.01. The summed E-state index contributed by atoms with van der Waals surface area (Å²) >= 11 is 1.69. The van der Waals surface area contributed by atoms with Crippen LogP contribution in [-0.2, 0) is 13.1 Å². The van der Waals surface area contributed by atoms with Crippen molar-refractivity contribution in [2.24, 2.45) is 0 Å². The largest absolute Gasteiger partial charge is 0.347 e. The highest BCUT2D eigenvalue weighted by Gasteiger charge is 2.16. The van der Waals surface area contributed by atoms with Gasteiger partial charge in [-0.25, -0.2) is 4.39 Å². The minimum Gasteiger partial charge on any atom is -0.347 e. The number of allylic oxidation sites excluding steroid dienone is 2. The average Bonchev–Trinajstić information content (AvgIpc) is 3.08. The number of nitrogens with one attached hydrogen (secondary N) is 1. The number of hydrogen-bond donors (Lipinski definition) is 1. The van der Waals surface area contributed by atoms with Gasteiger partial charge in [-0.05, 0) is 43.7 Å². The molecule has 24 heavy (non-hydrogen) atoms. The minimum absolute atomic E-state index is 0.120. The smallest absolute Gasteiger partial charge is 0.268 e. The van der Waals surface area contributed by atoms with Crippen molar-refractivity contribution in [3.05, 3.63) is 70.5 Å². The van der Waals surface area contributed by atoms with Crippen LogP contribution in [0.15, 0.2) is 48.6 Å². The summed E-state index contributed by atoms with van der Waals surface area (Å²) in [4.78, 5) is 13.8. The summed E-state index contributed by atoms with van der Waals surface area (Å²) in [7, 11) is 0. The molecule has 0 aliphatic carbocycles. The van der Waals surface area contributed by atoms with Gasteiger partial charge >= 0.3 is 0 Å². The standard InChI is InChI=1S/C19H19FN2OS/c1-3-4-9-22-16-10-13(2)24-18(16)11-17(22)19(23)21-12-14-5-7-15(20)8-6-14/h3-8,10-11H,9,12H2,1-2H3,(H,21,23). The van der Waals surface area contributed by atoms with Gasteiger partial charge in [0, 0.05) is 18.0 Å². The molecule has 0 unspecified atom stereocenters. The van der Waals surface area contributed by atoms with Crippen molar-refractivity contribution < 1.29 is 9.18 Å². The lowest BCUT2D eigenvalue weighted by Gasteiger charge is -2.09. The van der Waals surface area contributed by atoms with Gasteiger partial charge in [-0.1, -0.05) is 24.3 Å². The predicted octanol–water partition coefficient (Wildman–Crippen LogP) is 4.66. The van der Waals surface area contributed by atoms with E-state index in [9.17, 15) is 9.18 Å². The summed E-state index contributed by atoms with van der Waals surface area (Å²) in [6, 6.07) is 10.2. The fourth-order valence-corrected chi connectivity index (χ4v) is 3.60. The fraction of sp³-hybridized carbons (Fsp3) is 0.211. The average molecular weight is 342 g/mol. The van der Waals surface area contributed by atoms with Crippen LogP contribution in [0.1, 0.15) is 27.9 Å². The molecule has 124 valence electrons. The number of amides is 1. The molecule has 0 saturated carbocycles. The molecule has 3 nitrogen and oxygen atoms in total. The number of nitrogens with zero attached hydrogens (tertiary/aromatic N) is 1. The van der Waals surface area contributed by atoms with Crippen LogP contribution < -0.4 is 5.32 Å². The lowest BCUT2D eigenvalue weighted by atomic mass is 10.2. The zero-order valence-corrected chi connectivity index (χ0v) is 14.5. The molecule has 0 aliphatic heterocycles. The summed E-state index contributed by atoms with van der Waals surface area (Å²) in [5.74, 6) is -0.397. The van der Waals surface area contributed by atoms with E-state index >= 15 is 0 Å². The molecule has 5 heteroatoms. The maximum atomic E-state index is 12.9. The van der Waals surface area contributed by atoms with Crippen LogP contribution >= 0.6 is 11.3 Å². The molecule has 2 heterocycles. The van der Waals surface area contributed by atoms with Crippen molar-refractivity contribution >= 4 is 27.5 Å². The Balaban J connectivity index is 1.82. The van der Waals surface area contributed by atoms with Gasteiger partial charge in [0.1, 0.15) is 11.5 Å². The van der Waals surface area contributed by atoms with Crippen LogP contribution in [-0.4, -0.2) is 10.5 Å². The number of thiophene rings is 1. The Morgan fingerprint density at radius 1 is 1.29 bits per heavy atom. The van der Waals surface area contributed by atoms with Gasteiger partial charge in [0.2, 0.25) is 0 Å². The molecule has 1 N–H and O–H groups in total. The van der Waals surface area contributed by atoms with Gasteiger partial charge < -0.3 is 9.88 Å². The first kappa shape index (κ1) is 16.5. The molecule has 0 atom stereocenters. The van der Waals surface area contributed by atoms with Crippen LogP contribution in [0, 0.1) is 12.7 Å². The van der Waals surface area contributed by atoms with E-state index in [1.54, 1.807) is 23.5 Å². The lowest BCUT2D eigenvalue weighted by Crippen LogP contribution is -2.25. The number of carbonyl (C=O) groups is 1. The molecule has 1 aromatic carbocycles. The normalized spacial score (nSPS) is 11.5. The molecule has 0 spiro atoms. The minimum atomic E-state index is -0.277. The SMILES string of the molecule is CC=CCn1c(C(=O)NCc2ccc(F)cc2)cc2sc(C)cc21. The van der Waals surface area contributed by atoms with Gasteiger partial charge in [-0.15, -0.1) is 11.3 Å². The van der Waals surface area contributed by atoms with E-state index < -0.39 is 0 Å². The van der Waals surface area contributed by atoms with Crippen molar-refractivity contribution in [1.29, 1.82) is 0 Å². The third-order valence-corrected chi connectivity index (χ3v) is 4.82. The Labute approximate surface area is 144 Å². The molecule has 1 amide bonds. The summed E-state index contributed by atoms with van der Waals surface area (Å²) < 4.78 is 16.1. The molecule has 0 radical (unpaired) electrons. The van der Waals surface area contributed by atoms with Gasteiger partial charge in [0.25, 0.3) is 5.91 Å². The Morgan fingerprint density at radius 2 is 2.04 bits per heavy atom. The summed E-state index contributed by atoms with van der Waals surface area (Å²) in [6.07, 6.45) is 4.01. The van der Waals surface area contributed by atoms with E-state index in [0.29, 0.717) is 18.8 Å². The van der Waals surface area contributed by atoms with Gasteiger partial charge in [0.05, 0.1) is 10.2 Å². The van der Waals surface area contributed by atoms with Crippen molar-refractivity contribution in [3.8, 4) is 0 Å². The van der Waals surface area contributed by atoms with Crippen molar-refractivity contribution in [2.75, 3.05) is 0 Å². The van der Waals surface area contributed by atoms with E-state index in [1.165, 1.54) is 17.0 Å². The second-order valence-electron chi connectivity index (χ2n) is 5.62. The molecule has 3 rings (SSSR count). The van der Waals surface area contributed by atoms with E-state index in [4.69, 9.17) is 0 Å². The number of fused-ring (bicyclic) bond motifs is 1. The Hall–Kier alpha value is -2.40. The number of halogens is 1. The van der Waals surface area contributed by atoms with Gasteiger partial charge in [-0.3, -0.25) is 4.79 Å². The number of benzene rings is 1. The molecular formula is C19H19FN2OS. The highest BCUT2D eigenvalue weighted by molar-refractivity contribution is 7.19. The summed E-state index contributed by atoms with van der Waals surface area (Å²) in [5.41, 5.74) is 2.60. The number of aromatic nitrogens is 1. The number of hydrogen-bond acceptors (Lipinski definition) is 2. The predicted molar refractivity (Wildman–Crippen MR) is 96.9 cm³/mol.